The summed E-state index contributed by atoms with van der Waals surface area (Å²) in [5.41, 5.74) is 0. The lowest BCUT2D eigenvalue weighted by Crippen LogP contribution is -2.42. The highest BCUT2D eigenvalue weighted by molar-refractivity contribution is 4.95. The Labute approximate surface area is 107 Å². The first-order valence-corrected chi connectivity index (χ1v) is 6.42. The molecule has 1 aromatic rings. The molecule has 6 heteroatoms. The van der Waals surface area contributed by atoms with E-state index in [1.165, 1.54) is 0 Å². The molecule has 2 atom stereocenters. The van der Waals surface area contributed by atoms with E-state index in [0.29, 0.717) is 30.8 Å². The molecule has 1 aromatic heterocycles. The maximum atomic E-state index is 9.27. The molecule has 6 nitrogen and oxygen atoms in total. The van der Waals surface area contributed by atoms with E-state index in [-0.39, 0.29) is 6.10 Å². The summed E-state index contributed by atoms with van der Waals surface area (Å²) < 4.78 is 10.8. The maximum Gasteiger partial charge on any atom is 0.229 e. The fourth-order valence-electron chi connectivity index (χ4n) is 2.03. The molecule has 18 heavy (non-hydrogen) atoms. The number of morpholine rings is 1. The largest absolute Gasteiger partial charge is 0.393 e. The Hall–Kier alpha value is -0.980. The first-order chi connectivity index (χ1) is 8.56. The minimum Gasteiger partial charge on any atom is -0.393 e. The van der Waals surface area contributed by atoms with Crippen molar-refractivity contribution in [2.24, 2.45) is 0 Å². The molecule has 0 saturated carbocycles. The lowest BCUT2D eigenvalue weighted by Gasteiger charge is -2.34. The van der Waals surface area contributed by atoms with Crippen LogP contribution in [0.25, 0.3) is 0 Å². The van der Waals surface area contributed by atoms with Gasteiger partial charge >= 0.3 is 0 Å². The molecule has 1 fully saturated rings. The van der Waals surface area contributed by atoms with E-state index in [0.717, 1.165) is 13.1 Å². The van der Waals surface area contributed by atoms with Gasteiger partial charge in [0.2, 0.25) is 11.7 Å². The van der Waals surface area contributed by atoms with Gasteiger partial charge in [0.1, 0.15) is 6.10 Å². The van der Waals surface area contributed by atoms with Gasteiger partial charge in [-0.25, -0.2) is 0 Å². The van der Waals surface area contributed by atoms with E-state index in [1.54, 1.807) is 6.92 Å². The second kappa shape index (κ2) is 5.77. The highest BCUT2D eigenvalue weighted by atomic mass is 16.5. The van der Waals surface area contributed by atoms with Crippen molar-refractivity contribution in [2.45, 2.75) is 45.4 Å². The highest BCUT2D eigenvalue weighted by Gasteiger charge is 2.27. The summed E-state index contributed by atoms with van der Waals surface area (Å²) in [7, 11) is 0. The number of rotatable bonds is 4. The molecule has 0 spiro atoms. The lowest BCUT2D eigenvalue weighted by molar-refractivity contribution is -0.0450. The topological polar surface area (TPSA) is 71.6 Å². The molecule has 0 amide bonds. The predicted molar refractivity (Wildman–Crippen MR) is 65.1 cm³/mol. The van der Waals surface area contributed by atoms with Gasteiger partial charge in [-0.1, -0.05) is 5.16 Å². The van der Waals surface area contributed by atoms with Crippen molar-refractivity contribution in [1.82, 2.24) is 15.0 Å². The maximum absolute atomic E-state index is 9.27. The van der Waals surface area contributed by atoms with Gasteiger partial charge in [-0.3, -0.25) is 4.90 Å². The van der Waals surface area contributed by atoms with E-state index in [1.807, 2.05) is 0 Å². The van der Waals surface area contributed by atoms with E-state index >= 15 is 0 Å². The number of nitrogens with zero attached hydrogens (tertiary/aromatic N) is 3. The fourth-order valence-corrected chi connectivity index (χ4v) is 2.03. The first kappa shape index (κ1) is 13.5. The van der Waals surface area contributed by atoms with Crippen LogP contribution >= 0.6 is 0 Å². The van der Waals surface area contributed by atoms with Gasteiger partial charge in [-0.2, -0.15) is 4.98 Å². The summed E-state index contributed by atoms with van der Waals surface area (Å²) in [5.74, 6) is 1.04. The molecule has 1 N–H and O–H groups in total. The van der Waals surface area contributed by atoms with Gasteiger partial charge in [0.25, 0.3) is 0 Å². The Morgan fingerprint density at radius 1 is 1.44 bits per heavy atom. The van der Waals surface area contributed by atoms with Crippen molar-refractivity contribution in [1.29, 1.82) is 0 Å². The zero-order valence-electron chi connectivity index (χ0n) is 11.2. The van der Waals surface area contributed by atoms with Crippen molar-refractivity contribution in [2.75, 3.05) is 19.7 Å². The van der Waals surface area contributed by atoms with Gasteiger partial charge in [-0.05, 0) is 20.8 Å². The molecular weight excluding hydrogens is 234 g/mol. The van der Waals surface area contributed by atoms with Gasteiger partial charge < -0.3 is 14.4 Å². The molecule has 2 unspecified atom stereocenters. The number of aliphatic hydroxyl groups is 1. The predicted octanol–water partition coefficient (Wildman–Crippen LogP) is 0.775. The molecule has 1 aliphatic heterocycles. The molecule has 2 rings (SSSR count). The monoisotopic (exact) mass is 255 g/mol. The van der Waals surface area contributed by atoms with Crippen LogP contribution in [0.4, 0.5) is 0 Å². The molecule has 0 radical (unpaired) electrons. The van der Waals surface area contributed by atoms with Gasteiger partial charge in [0.05, 0.1) is 19.1 Å². The third-order valence-electron chi connectivity index (χ3n) is 3.07. The molecule has 2 heterocycles. The summed E-state index contributed by atoms with van der Waals surface area (Å²) in [6.07, 6.45) is -0.224. The zero-order valence-corrected chi connectivity index (χ0v) is 11.2. The van der Waals surface area contributed by atoms with Crippen LogP contribution in [0.3, 0.4) is 0 Å². The molecule has 102 valence electrons. The number of aliphatic hydroxyl groups excluding tert-OH is 1. The third-order valence-corrected chi connectivity index (χ3v) is 3.07. The van der Waals surface area contributed by atoms with Gasteiger partial charge in [0.15, 0.2) is 0 Å². The summed E-state index contributed by atoms with van der Waals surface area (Å²) >= 11 is 0. The van der Waals surface area contributed by atoms with Gasteiger partial charge in [0, 0.05) is 19.1 Å². The molecule has 0 aliphatic carbocycles. The Morgan fingerprint density at radius 2 is 2.22 bits per heavy atom. The quantitative estimate of drug-likeness (QED) is 0.857. The summed E-state index contributed by atoms with van der Waals surface area (Å²) in [6, 6.07) is 0.486. The smallest absolute Gasteiger partial charge is 0.229 e. The lowest BCUT2D eigenvalue weighted by atomic mass is 10.2. The average Bonchev–Trinajstić information content (AvgIpc) is 2.77. The van der Waals surface area contributed by atoms with Crippen molar-refractivity contribution in [3.63, 3.8) is 0 Å². The highest BCUT2D eigenvalue weighted by Crippen LogP contribution is 2.21. The van der Waals surface area contributed by atoms with Crippen LogP contribution < -0.4 is 0 Å². The van der Waals surface area contributed by atoms with Crippen LogP contribution in [0.1, 0.15) is 38.6 Å². The minimum absolute atomic E-state index is 0.132. The van der Waals surface area contributed by atoms with E-state index in [9.17, 15) is 5.11 Å². The van der Waals surface area contributed by atoms with Crippen LogP contribution in [0.5, 0.6) is 0 Å². The molecule has 1 saturated heterocycles. The number of hydrogen-bond acceptors (Lipinski definition) is 6. The second-order valence-electron chi connectivity index (χ2n) is 5.05. The van der Waals surface area contributed by atoms with Crippen LogP contribution in [0.2, 0.25) is 0 Å². The van der Waals surface area contributed by atoms with Crippen molar-refractivity contribution in [3.05, 3.63) is 11.7 Å². The fraction of sp³-hybridized carbons (Fsp3) is 0.833. The number of aromatic nitrogens is 2. The van der Waals surface area contributed by atoms with E-state index in [4.69, 9.17) is 9.26 Å². The van der Waals surface area contributed by atoms with Crippen LogP contribution in [-0.4, -0.2) is 52.0 Å². The molecule has 0 aromatic carbocycles. The summed E-state index contributed by atoms with van der Waals surface area (Å²) in [5, 5.41) is 13.2. The Balaban J connectivity index is 2.00. The number of ether oxygens (including phenoxy) is 1. The van der Waals surface area contributed by atoms with Crippen LogP contribution in [0, 0.1) is 0 Å². The first-order valence-electron chi connectivity index (χ1n) is 6.42. The normalized spacial score (nSPS) is 23.5. The minimum atomic E-state index is -0.474. The van der Waals surface area contributed by atoms with Crippen LogP contribution in [0.15, 0.2) is 4.52 Å². The molecule has 1 aliphatic rings. The molecular formula is C12H21N3O3. The van der Waals surface area contributed by atoms with E-state index < -0.39 is 6.10 Å². The summed E-state index contributed by atoms with van der Waals surface area (Å²) in [6.45, 7) is 8.43. The third kappa shape index (κ3) is 3.28. The Bertz CT molecular complexity index is 378. The summed E-state index contributed by atoms with van der Waals surface area (Å²) in [4.78, 5) is 6.61. The van der Waals surface area contributed by atoms with Crippen LogP contribution in [-0.2, 0) is 11.2 Å². The van der Waals surface area contributed by atoms with E-state index in [2.05, 4.69) is 28.9 Å². The second-order valence-corrected chi connectivity index (χ2v) is 5.05. The van der Waals surface area contributed by atoms with Crippen molar-refractivity contribution < 1.29 is 14.4 Å². The van der Waals surface area contributed by atoms with Crippen molar-refractivity contribution in [3.8, 4) is 0 Å². The standard InChI is InChI=1S/C12H21N3O3/c1-8(2)15-4-5-17-10(7-15)12-13-11(18-14-12)6-9(3)16/h8-10,16H,4-7H2,1-3H3. The Morgan fingerprint density at radius 3 is 2.89 bits per heavy atom. The zero-order chi connectivity index (χ0) is 13.1. The average molecular weight is 255 g/mol. The Kier molecular flexibility index (Phi) is 4.31. The van der Waals surface area contributed by atoms with Gasteiger partial charge in [-0.15, -0.1) is 0 Å². The number of hydrogen-bond donors (Lipinski definition) is 1. The van der Waals surface area contributed by atoms with Crippen molar-refractivity contribution >= 4 is 0 Å². The molecule has 0 bridgehead atoms. The SMILES string of the molecule is CC(O)Cc1nc(C2CN(C(C)C)CCO2)no1.